The normalized spacial score (nSPS) is 19.9. The third-order valence-corrected chi connectivity index (χ3v) is 5.51. The van der Waals surface area contributed by atoms with E-state index in [1.54, 1.807) is 12.1 Å². The number of para-hydroxylation sites is 2. The zero-order valence-corrected chi connectivity index (χ0v) is 16.7. The molecule has 1 atom stereocenters. The predicted octanol–water partition coefficient (Wildman–Crippen LogP) is 1.99. The Morgan fingerprint density at radius 2 is 2.04 bits per heavy atom. The van der Waals surface area contributed by atoms with Crippen molar-refractivity contribution < 1.29 is 14.4 Å². The Morgan fingerprint density at radius 1 is 1.25 bits per heavy atom. The van der Waals surface area contributed by atoms with Crippen molar-refractivity contribution in [2.24, 2.45) is 5.92 Å². The lowest BCUT2D eigenvalue weighted by atomic mass is 9.97. The van der Waals surface area contributed by atoms with Gasteiger partial charge in [-0.2, -0.15) is 0 Å². The number of amides is 3. The van der Waals surface area contributed by atoms with Gasteiger partial charge in [0.15, 0.2) is 0 Å². The number of hydrogen-bond acceptors (Lipinski definition) is 4. The maximum Gasteiger partial charge on any atom is 0.244 e. The highest BCUT2D eigenvalue weighted by molar-refractivity contribution is 6.10. The van der Waals surface area contributed by atoms with Crippen LogP contribution in [-0.4, -0.2) is 54.8 Å². The molecular formula is C21H30N4O3. The van der Waals surface area contributed by atoms with Crippen molar-refractivity contribution in [3.63, 3.8) is 0 Å². The van der Waals surface area contributed by atoms with Gasteiger partial charge in [-0.3, -0.25) is 14.4 Å². The quantitative estimate of drug-likeness (QED) is 0.783. The third kappa shape index (κ3) is 5.10. The van der Waals surface area contributed by atoms with Crippen LogP contribution in [0, 0.1) is 5.92 Å². The highest BCUT2D eigenvalue weighted by Gasteiger charge is 2.27. The summed E-state index contributed by atoms with van der Waals surface area (Å²) in [5, 5.41) is 5.74. The Bertz CT molecular complexity index is 734. The maximum absolute atomic E-state index is 12.6. The molecule has 3 rings (SSSR count). The largest absolute Gasteiger partial charge is 0.356 e. The lowest BCUT2D eigenvalue weighted by Gasteiger charge is -2.35. The molecule has 0 saturated carbocycles. The van der Waals surface area contributed by atoms with Gasteiger partial charge in [0.2, 0.25) is 17.7 Å². The van der Waals surface area contributed by atoms with Crippen molar-refractivity contribution in [2.75, 3.05) is 36.4 Å². The Balaban J connectivity index is 1.46. The van der Waals surface area contributed by atoms with E-state index in [9.17, 15) is 14.4 Å². The van der Waals surface area contributed by atoms with E-state index in [1.807, 2.05) is 12.1 Å². The van der Waals surface area contributed by atoms with Gasteiger partial charge in [0.25, 0.3) is 0 Å². The number of rotatable bonds is 6. The van der Waals surface area contributed by atoms with Gasteiger partial charge in [0.05, 0.1) is 11.4 Å². The van der Waals surface area contributed by atoms with E-state index in [2.05, 4.69) is 29.4 Å². The average molecular weight is 386 g/mol. The van der Waals surface area contributed by atoms with Crippen LogP contribution in [0.5, 0.6) is 0 Å². The molecule has 2 aliphatic rings. The third-order valence-electron chi connectivity index (χ3n) is 5.51. The lowest BCUT2D eigenvalue weighted by molar-refractivity contribution is -0.126. The molecule has 7 heteroatoms. The molecule has 1 aromatic carbocycles. The molecule has 2 aliphatic heterocycles. The van der Waals surface area contributed by atoms with Crippen LogP contribution in [0.4, 0.5) is 11.4 Å². The summed E-state index contributed by atoms with van der Waals surface area (Å²) in [6.07, 6.45) is 2.52. The molecule has 2 heterocycles. The second-order valence-electron chi connectivity index (χ2n) is 7.95. The van der Waals surface area contributed by atoms with Gasteiger partial charge in [-0.1, -0.05) is 12.1 Å². The van der Waals surface area contributed by atoms with E-state index in [0.29, 0.717) is 29.9 Å². The summed E-state index contributed by atoms with van der Waals surface area (Å²) in [4.78, 5) is 40.6. The van der Waals surface area contributed by atoms with Crippen LogP contribution < -0.4 is 15.5 Å². The maximum atomic E-state index is 12.6. The Morgan fingerprint density at radius 3 is 2.82 bits per heavy atom. The van der Waals surface area contributed by atoms with E-state index in [0.717, 1.165) is 25.9 Å². The van der Waals surface area contributed by atoms with Crippen molar-refractivity contribution in [3.8, 4) is 0 Å². The summed E-state index contributed by atoms with van der Waals surface area (Å²) in [5.41, 5.74) is 1.31. The number of piperidine rings is 1. The van der Waals surface area contributed by atoms with E-state index in [1.165, 1.54) is 4.90 Å². The Hall–Kier alpha value is -2.41. The molecule has 28 heavy (non-hydrogen) atoms. The summed E-state index contributed by atoms with van der Waals surface area (Å²) in [7, 11) is 0. The van der Waals surface area contributed by atoms with Crippen molar-refractivity contribution in [1.29, 1.82) is 0 Å². The standard InChI is InChI=1S/C21H30N4O3/c1-15(2)24-11-5-6-16(13-24)12-22-19(26)9-10-21(28)25-14-20(27)23-17-7-3-4-8-18(17)25/h3-4,7-8,15-16H,5-6,9-14H2,1-2H3,(H,22,26)(H,23,27). The number of hydrogen-bond donors (Lipinski definition) is 2. The van der Waals surface area contributed by atoms with Crippen LogP contribution in [0.1, 0.15) is 39.5 Å². The van der Waals surface area contributed by atoms with Crippen LogP contribution in [0.2, 0.25) is 0 Å². The number of likely N-dealkylation sites (tertiary alicyclic amines) is 1. The summed E-state index contributed by atoms with van der Waals surface area (Å²) in [5.74, 6) is -0.0668. The molecule has 0 bridgehead atoms. The van der Waals surface area contributed by atoms with Crippen LogP contribution in [-0.2, 0) is 14.4 Å². The number of fused-ring (bicyclic) bond motifs is 1. The van der Waals surface area contributed by atoms with E-state index < -0.39 is 0 Å². The number of benzene rings is 1. The van der Waals surface area contributed by atoms with Gasteiger partial charge >= 0.3 is 0 Å². The molecule has 0 aromatic heterocycles. The zero-order valence-electron chi connectivity index (χ0n) is 16.7. The number of nitrogens with zero attached hydrogens (tertiary/aromatic N) is 2. The summed E-state index contributed by atoms with van der Waals surface area (Å²) >= 11 is 0. The van der Waals surface area contributed by atoms with Crippen molar-refractivity contribution in [3.05, 3.63) is 24.3 Å². The first kappa shape index (κ1) is 20.3. The topological polar surface area (TPSA) is 81.8 Å². The fraction of sp³-hybridized carbons (Fsp3) is 0.571. The van der Waals surface area contributed by atoms with E-state index in [4.69, 9.17) is 0 Å². The van der Waals surface area contributed by atoms with Crippen molar-refractivity contribution >= 4 is 29.1 Å². The lowest BCUT2D eigenvalue weighted by Crippen LogP contribution is -2.44. The first-order valence-electron chi connectivity index (χ1n) is 10.1. The SMILES string of the molecule is CC(C)N1CCCC(CNC(=O)CCC(=O)N2CC(=O)Nc3ccccc32)C1. The zero-order chi connectivity index (χ0) is 20.1. The van der Waals surface area contributed by atoms with Crippen LogP contribution >= 0.6 is 0 Å². The minimum absolute atomic E-state index is 0.00935. The Kier molecular flexibility index (Phi) is 6.67. The molecule has 3 amide bonds. The van der Waals surface area contributed by atoms with Gasteiger partial charge in [0, 0.05) is 32.0 Å². The van der Waals surface area contributed by atoms with E-state index >= 15 is 0 Å². The molecule has 1 fully saturated rings. The van der Waals surface area contributed by atoms with Crippen molar-refractivity contribution in [2.45, 2.75) is 45.6 Å². The molecule has 1 unspecified atom stereocenters. The minimum atomic E-state index is -0.219. The fourth-order valence-corrected chi connectivity index (χ4v) is 3.89. The Labute approximate surface area is 166 Å². The first-order chi connectivity index (χ1) is 13.4. The van der Waals surface area contributed by atoms with Gasteiger partial charge in [-0.15, -0.1) is 0 Å². The number of nitrogens with one attached hydrogen (secondary N) is 2. The molecule has 0 aliphatic carbocycles. The summed E-state index contributed by atoms with van der Waals surface area (Å²) < 4.78 is 0. The van der Waals surface area contributed by atoms with Gasteiger partial charge < -0.3 is 20.4 Å². The van der Waals surface area contributed by atoms with Crippen LogP contribution in [0.3, 0.4) is 0 Å². The highest BCUT2D eigenvalue weighted by Crippen LogP contribution is 2.29. The summed E-state index contributed by atoms with van der Waals surface area (Å²) in [6, 6.07) is 7.74. The molecule has 1 aromatic rings. The van der Waals surface area contributed by atoms with Gasteiger partial charge in [-0.25, -0.2) is 0 Å². The number of carbonyl (C=O) groups excluding carboxylic acids is 3. The highest BCUT2D eigenvalue weighted by atomic mass is 16.2. The number of carbonyl (C=O) groups is 3. The molecule has 152 valence electrons. The molecule has 7 nitrogen and oxygen atoms in total. The fourth-order valence-electron chi connectivity index (χ4n) is 3.89. The number of anilines is 2. The molecule has 0 radical (unpaired) electrons. The van der Waals surface area contributed by atoms with Gasteiger partial charge in [-0.05, 0) is 51.3 Å². The first-order valence-corrected chi connectivity index (χ1v) is 10.1. The molecule has 1 saturated heterocycles. The smallest absolute Gasteiger partial charge is 0.244 e. The van der Waals surface area contributed by atoms with Crippen LogP contribution in [0.15, 0.2) is 24.3 Å². The minimum Gasteiger partial charge on any atom is -0.356 e. The second kappa shape index (κ2) is 9.19. The second-order valence-corrected chi connectivity index (χ2v) is 7.95. The summed E-state index contributed by atoms with van der Waals surface area (Å²) in [6.45, 7) is 7.19. The predicted molar refractivity (Wildman–Crippen MR) is 109 cm³/mol. The van der Waals surface area contributed by atoms with Crippen molar-refractivity contribution in [1.82, 2.24) is 10.2 Å². The van der Waals surface area contributed by atoms with Crippen LogP contribution in [0.25, 0.3) is 0 Å². The van der Waals surface area contributed by atoms with Gasteiger partial charge in [0.1, 0.15) is 6.54 Å². The molecular weight excluding hydrogens is 356 g/mol. The average Bonchev–Trinajstić information content (AvgIpc) is 2.70. The molecule has 0 spiro atoms. The van der Waals surface area contributed by atoms with E-state index in [-0.39, 0.29) is 37.1 Å². The monoisotopic (exact) mass is 386 g/mol. The molecule has 2 N–H and O–H groups in total.